The second-order valence-electron chi connectivity index (χ2n) is 4.77. The Morgan fingerprint density at radius 2 is 2.25 bits per heavy atom. The number of nitrogens with zero attached hydrogens (tertiary/aromatic N) is 1. The SMILES string of the molecule is CC(C)SCc1cccc(-c2nc(CC(=O)O)cs2)c1. The van der Waals surface area contributed by atoms with Crippen molar-refractivity contribution in [3.05, 3.63) is 40.9 Å². The zero-order valence-corrected chi connectivity index (χ0v) is 13.1. The van der Waals surface area contributed by atoms with Gasteiger partial charge in [0.05, 0.1) is 12.1 Å². The van der Waals surface area contributed by atoms with Gasteiger partial charge in [0.15, 0.2) is 0 Å². The summed E-state index contributed by atoms with van der Waals surface area (Å²) in [6, 6.07) is 8.31. The predicted molar refractivity (Wildman–Crippen MR) is 85.3 cm³/mol. The number of hydrogen-bond acceptors (Lipinski definition) is 4. The molecule has 1 aromatic heterocycles. The molecule has 20 heavy (non-hydrogen) atoms. The van der Waals surface area contributed by atoms with Gasteiger partial charge in [0.1, 0.15) is 5.01 Å². The fourth-order valence-electron chi connectivity index (χ4n) is 1.73. The molecular weight excluding hydrogens is 290 g/mol. The van der Waals surface area contributed by atoms with Crippen LogP contribution in [0.3, 0.4) is 0 Å². The van der Waals surface area contributed by atoms with E-state index in [1.165, 1.54) is 16.9 Å². The molecule has 2 aromatic rings. The standard InChI is InChI=1S/C15H17NO2S2/c1-10(2)19-8-11-4-3-5-12(6-11)15-16-13(9-20-15)7-14(17)18/h3-6,9-10H,7-8H2,1-2H3,(H,17,18). The van der Waals surface area contributed by atoms with E-state index in [9.17, 15) is 4.79 Å². The Hall–Kier alpha value is -1.33. The minimum absolute atomic E-state index is 0.0145. The number of hydrogen-bond donors (Lipinski definition) is 1. The minimum Gasteiger partial charge on any atom is -0.481 e. The summed E-state index contributed by atoms with van der Waals surface area (Å²) in [4.78, 5) is 15.1. The average Bonchev–Trinajstić information content (AvgIpc) is 2.84. The van der Waals surface area contributed by atoms with E-state index in [1.807, 2.05) is 29.3 Å². The predicted octanol–water partition coefficient (Wildman–Crippen LogP) is 4.08. The molecule has 1 N–H and O–H groups in total. The van der Waals surface area contributed by atoms with E-state index in [2.05, 4.69) is 31.0 Å². The zero-order chi connectivity index (χ0) is 14.5. The quantitative estimate of drug-likeness (QED) is 0.873. The van der Waals surface area contributed by atoms with Gasteiger partial charge >= 0.3 is 5.97 Å². The van der Waals surface area contributed by atoms with E-state index in [1.54, 1.807) is 0 Å². The van der Waals surface area contributed by atoms with Crippen molar-refractivity contribution in [1.29, 1.82) is 0 Å². The van der Waals surface area contributed by atoms with Gasteiger partial charge in [-0.2, -0.15) is 11.8 Å². The van der Waals surface area contributed by atoms with Gasteiger partial charge in [0, 0.05) is 16.7 Å². The van der Waals surface area contributed by atoms with Crippen molar-refractivity contribution in [2.75, 3.05) is 0 Å². The molecule has 0 aliphatic heterocycles. The summed E-state index contributed by atoms with van der Waals surface area (Å²) < 4.78 is 0. The third-order valence-electron chi connectivity index (χ3n) is 2.64. The molecule has 1 heterocycles. The molecule has 0 unspecified atom stereocenters. The number of thioether (sulfide) groups is 1. The maximum atomic E-state index is 10.7. The maximum absolute atomic E-state index is 10.7. The molecule has 3 nitrogen and oxygen atoms in total. The van der Waals surface area contributed by atoms with Gasteiger partial charge in [0.2, 0.25) is 0 Å². The van der Waals surface area contributed by atoms with Gasteiger partial charge in [-0.25, -0.2) is 4.98 Å². The lowest BCUT2D eigenvalue weighted by molar-refractivity contribution is -0.136. The van der Waals surface area contributed by atoms with Gasteiger partial charge < -0.3 is 5.11 Å². The second-order valence-corrected chi connectivity index (χ2v) is 7.20. The van der Waals surface area contributed by atoms with E-state index < -0.39 is 5.97 Å². The molecule has 1 aromatic carbocycles. The molecular formula is C15H17NO2S2. The Kier molecular flexibility index (Phi) is 5.20. The molecule has 0 fully saturated rings. The monoisotopic (exact) mass is 307 g/mol. The van der Waals surface area contributed by atoms with Crippen LogP contribution in [0.25, 0.3) is 10.6 Å². The molecule has 0 aliphatic rings. The number of carboxylic acids is 1. The molecule has 106 valence electrons. The van der Waals surface area contributed by atoms with Crippen LogP contribution in [0.2, 0.25) is 0 Å². The van der Waals surface area contributed by atoms with E-state index in [-0.39, 0.29) is 6.42 Å². The summed E-state index contributed by atoms with van der Waals surface area (Å²) in [7, 11) is 0. The highest BCUT2D eigenvalue weighted by atomic mass is 32.2. The highest BCUT2D eigenvalue weighted by molar-refractivity contribution is 7.99. The summed E-state index contributed by atoms with van der Waals surface area (Å²) in [6.45, 7) is 4.38. The van der Waals surface area contributed by atoms with E-state index in [0.29, 0.717) is 10.9 Å². The molecule has 0 bridgehead atoms. The van der Waals surface area contributed by atoms with Crippen molar-refractivity contribution in [2.45, 2.75) is 31.3 Å². The Labute approximate surface area is 127 Å². The van der Waals surface area contributed by atoms with Crippen molar-refractivity contribution < 1.29 is 9.90 Å². The first-order valence-electron chi connectivity index (χ1n) is 6.41. The zero-order valence-electron chi connectivity index (χ0n) is 11.5. The van der Waals surface area contributed by atoms with Crippen LogP contribution < -0.4 is 0 Å². The van der Waals surface area contributed by atoms with Crippen LogP contribution in [0.4, 0.5) is 0 Å². The highest BCUT2D eigenvalue weighted by Crippen LogP contribution is 2.26. The third kappa shape index (κ3) is 4.35. The Bertz CT molecular complexity index is 593. The molecule has 0 atom stereocenters. The second kappa shape index (κ2) is 6.90. The minimum atomic E-state index is -0.844. The van der Waals surface area contributed by atoms with Gasteiger partial charge in [-0.1, -0.05) is 32.0 Å². The van der Waals surface area contributed by atoms with Crippen LogP contribution >= 0.6 is 23.1 Å². The van der Waals surface area contributed by atoms with Crippen molar-refractivity contribution in [3.8, 4) is 10.6 Å². The summed E-state index contributed by atoms with van der Waals surface area (Å²) >= 11 is 3.40. The Morgan fingerprint density at radius 3 is 2.95 bits per heavy atom. The molecule has 0 spiro atoms. The number of benzene rings is 1. The number of thiazole rings is 1. The van der Waals surface area contributed by atoms with Crippen LogP contribution in [0, 0.1) is 0 Å². The van der Waals surface area contributed by atoms with Crippen molar-refractivity contribution in [1.82, 2.24) is 4.98 Å². The van der Waals surface area contributed by atoms with Crippen LogP contribution in [0.1, 0.15) is 25.1 Å². The fraction of sp³-hybridized carbons (Fsp3) is 0.333. The van der Waals surface area contributed by atoms with Crippen molar-refractivity contribution >= 4 is 29.1 Å². The van der Waals surface area contributed by atoms with Crippen LogP contribution in [-0.2, 0) is 17.0 Å². The molecule has 5 heteroatoms. The molecule has 0 amide bonds. The first-order chi connectivity index (χ1) is 9.54. The number of carboxylic acid groups (broad SMARTS) is 1. The summed E-state index contributed by atoms with van der Waals surface area (Å²) in [5, 5.41) is 12.1. The van der Waals surface area contributed by atoms with Crippen LogP contribution in [0.5, 0.6) is 0 Å². The number of aromatic nitrogens is 1. The molecule has 0 saturated heterocycles. The highest BCUT2D eigenvalue weighted by Gasteiger charge is 2.08. The average molecular weight is 307 g/mol. The van der Waals surface area contributed by atoms with Crippen LogP contribution in [0.15, 0.2) is 29.6 Å². The third-order valence-corrected chi connectivity index (χ3v) is 4.75. The van der Waals surface area contributed by atoms with Crippen molar-refractivity contribution in [3.63, 3.8) is 0 Å². The first-order valence-corrected chi connectivity index (χ1v) is 8.34. The summed E-state index contributed by atoms with van der Waals surface area (Å²) in [5.74, 6) is 0.141. The Morgan fingerprint density at radius 1 is 1.45 bits per heavy atom. The lowest BCUT2D eigenvalue weighted by atomic mass is 10.1. The topological polar surface area (TPSA) is 50.2 Å². The van der Waals surface area contributed by atoms with E-state index in [0.717, 1.165) is 16.3 Å². The van der Waals surface area contributed by atoms with E-state index >= 15 is 0 Å². The first kappa shape index (κ1) is 15.1. The van der Waals surface area contributed by atoms with Crippen molar-refractivity contribution in [2.24, 2.45) is 0 Å². The Balaban J connectivity index is 2.13. The van der Waals surface area contributed by atoms with E-state index in [4.69, 9.17) is 5.11 Å². The molecule has 0 radical (unpaired) electrons. The summed E-state index contributed by atoms with van der Waals surface area (Å²) in [5.41, 5.74) is 2.96. The summed E-state index contributed by atoms with van der Waals surface area (Å²) in [6.07, 6.45) is -0.0145. The lowest BCUT2D eigenvalue weighted by Gasteiger charge is -2.06. The normalized spacial score (nSPS) is 10.9. The van der Waals surface area contributed by atoms with Gasteiger partial charge in [0.25, 0.3) is 0 Å². The molecule has 2 rings (SSSR count). The number of aliphatic carboxylic acids is 1. The van der Waals surface area contributed by atoms with Gasteiger partial charge in [-0.15, -0.1) is 11.3 Å². The fourth-order valence-corrected chi connectivity index (χ4v) is 3.25. The smallest absolute Gasteiger partial charge is 0.309 e. The molecule has 0 saturated carbocycles. The maximum Gasteiger partial charge on any atom is 0.309 e. The van der Waals surface area contributed by atoms with Crippen LogP contribution in [-0.4, -0.2) is 21.3 Å². The van der Waals surface area contributed by atoms with Gasteiger partial charge in [-0.05, 0) is 16.9 Å². The number of carbonyl (C=O) groups is 1. The lowest BCUT2D eigenvalue weighted by Crippen LogP contribution is -1.99. The largest absolute Gasteiger partial charge is 0.481 e. The molecule has 0 aliphatic carbocycles. The number of rotatable bonds is 6. The van der Waals surface area contributed by atoms with Gasteiger partial charge in [-0.3, -0.25) is 4.79 Å².